The average Bonchev–Trinajstić information content (AvgIpc) is 2.32. The molecule has 94 valence electrons. The van der Waals surface area contributed by atoms with Crippen LogP contribution in [0.5, 0.6) is 5.75 Å². The summed E-state index contributed by atoms with van der Waals surface area (Å²) < 4.78 is 22.7. The Bertz CT molecular complexity index is 340. The number of rotatable bonds is 7. The molecule has 1 aromatic rings. The Balaban J connectivity index is 2.14. The molecule has 0 aliphatic carbocycles. The van der Waals surface area contributed by atoms with Crippen LogP contribution >= 0.6 is 0 Å². The summed E-state index contributed by atoms with van der Waals surface area (Å²) in [7, 11) is 1.57. The zero-order chi connectivity index (χ0) is 12.5. The van der Waals surface area contributed by atoms with E-state index in [0.717, 1.165) is 0 Å². The third kappa shape index (κ3) is 5.87. The maximum Gasteiger partial charge on any atom is 0.223 e. The minimum absolute atomic E-state index is 0.0934. The number of hydrogen-bond donors (Lipinski definition) is 1. The normalized spacial score (nSPS) is 10.0. The third-order valence-electron chi connectivity index (χ3n) is 2.04. The standard InChI is InChI=1S/C12H16FNO3/c1-16-9-7-14-12(15)6-8-17-11-4-2-10(13)3-5-11/h2-5H,6-9H2,1H3,(H,14,15). The predicted octanol–water partition coefficient (Wildman–Crippen LogP) is 1.36. The molecular formula is C12H16FNO3. The number of amides is 1. The lowest BCUT2D eigenvalue weighted by Crippen LogP contribution is -2.28. The van der Waals surface area contributed by atoms with Crippen molar-refractivity contribution in [3.05, 3.63) is 30.1 Å². The number of ether oxygens (including phenoxy) is 2. The first-order valence-corrected chi connectivity index (χ1v) is 5.36. The van der Waals surface area contributed by atoms with Crippen molar-refractivity contribution in [3.63, 3.8) is 0 Å². The molecule has 1 N–H and O–H groups in total. The van der Waals surface area contributed by atoms with Gasteiger partial charge >= 0.3 is 0 Å². The number of carbonyl (C=O) groups is 1. The predicted molar refractivity (Wildman–Crippen MR) is 61.4 cm³/mol. The van der Waals surface area contributed by atoms with Crippen molar-refractivity contribution >= 4 is 5.91 Å². The summed E-state index contributed by atoms with van der Waals surface area (Å²) >= 11 is 0. The number of carbonyl (C=O) groups excluding carboxylic acids is 1. The van der Waals surface area contributed by atoms with E-state index in [-0.39, 0.29) is 24.8 Å². The third-order valence-corrected chi connectivity index (χ3v) is 2.04. The highest BCUT2D eigenvalue weighted by atomic mass is 19.1. The maximum absolute atomic E-state index is 12.6. The molecule has 1 rings (SSSR count). The van der Waals surface area contributed by atoms with Gasteiger partial charge in [-0.15, -0.1) is 0 Å². The maximum atomic E-state index is 12.6. The Morgan fingerprint density at radius 1 is 1.29 bits per heavy atom. The van der Waals surface area contributed by atoms with E-state index in [1.54, 1.807) is 7.11 Å². The van der Waals surface area contributed by atoms with E-state index >= 15 is 0 Å². The lowest BCUT2D eigenvalue weighted by Gasteiger charge is -2.06. The van der Waals surface area contributed by atoms with E-state index in [1.165, 1.54) is 24.3 Å². The van der Waals surface area contributed by atoms with Crippen LogP contribution in [0.1, 0.15) is 6.42 Å². The summed E-state index contributed by atoms with van der Waals surface area (Å²) in [6.07, 6.45) is 0.265. The smallest absolute Gasteiger partial charge is 0.223 e. The van der Waals surface area contributed by atoms with Crippen molar-refractivity contribution in [3.8, 4) is 5.75 Å². The summed E-state index contributed by atoms with van der Waals surface area (Å²) in [5, 5.41) is 2.68. The van der Waals surface area contributed by atoms with E-state index < -0.39 is 0 Å². The molecule has 0 bridgehead atoms. The first-order chi connectivity index (χ1) is 8.22. The quantitative estimate of drug-likeness (QED) is 0.733. The number of halogens is 1. The summed E-state index contributed by atoms with van der Waals surface area (Å²) in [5.41, 5.74) is 0. The molecule has 0 atom stereocenters. The van der Waals surface area contributed by atoms with Crippen molar-refractivity contribution in [2.45, 2.75) is 6.42 Å². The van der Waals surface area contributed by atoms with E-state index in [1.807, 2.05) is 0 Å². The summed E-state index contributed by atoms with van der Waals surface area (Å²) in [5.74, 6) is 0.148. The highest BCUT2D eigenvalue weighted by Crippen LogP contribution is 2.10. The molecule has 1 aromatic carbocycles. The van der Waals surface area contributed by atoms with Crippen LogP contribution in [0.3, 0.4) is 0 Å². The second-order valence-corrected chi connectivity index (χ2v) is 3.40. The molecule has 1 amide bonds. The molecule has 0 heterocycles. The van der Waals surface area contributed by atoms with E-state index in [4.69, 9.17) is 9.47 Å². The molecule has 17 heavy (non-hydrogen) atoms. The van der Waals surface area contributed by atoms with Crippen LogP contribution in [0.2, 0.25) is 0 Å². The van der Waals surface area contributed by atoms with Gasteiger partial charge in [0.15, 0.2) is 0 Å². The summed E-state index contributed by atoms with van der Waals surface area (Å²) in [6.45, 7) is 1.25. The first kappa shape index (κ1) is 13.4. The van der Waals surface area contributed by atoms with Gasteiger partial charge in [-0.2, -0.15) is 0 Å². The minimum atomic E-state index is -0.311. The van der Waals surface area contributed by atoms with E-state index in [2.05, 4.69) is 5.32 Å². The zero-order valence-electron chi connectivity index (χ0n) is 9.74. The number of hydrogen-bond acceptors (Lipinski definition) is 3. The fourth-order valence-corrected chi connectivity index (χ4v) is 1.17. The van der Waals surface area contributed by atoms with Gasteiger partial charge in [-0.1, -0.05) is 0 Å². The number of nitrogens with one attached hydrogen (secondary N) is 1. The lowest BCUT2D eigenvalue weighted by atomic mass is 10.3. The molecule has 0 fully saturated rings. The fourth-order valence-electron chi connectivity index (χ4n) is 1.17. The fraction of sp³-hybridized carbons (Fsp3) is 0.417. The Morgan fingerprint density at radius 3 is 2.65 bits per heavy atom. The molecule has 0 spiro atoms. The molecule has 0 aliphatic rings. The van der Waals surface area contributed by atoms with Crippen LogP contribution < -0.4 is 10.1 Å². The molecule has 4 nitrogen and oxygen atoms in total. The molecule has 0 saturated carbocycles. The average molecular weight is 241 g/mol. The van der Waals surface area contributed by atoms with Gasteiger partial charge in [-0.25, -0.2) is 4.39 Å². The Labute approximate surface area is 99.7 Å². The molecule has 0 aliphatic heterocycles. The van der Waals surface area contributed by atoms with Crippen molar-refractivity contribution < 1.29 is 18.7 Å². The Hall–Kier alpha value is -1.62. The summed E-state index contributed by atoms with van der Waals surface area (Å²) in [6, 6.07) is 5.68. The van der Waals surface area contributed by atoms with Crippen molar-refractivity contribution in [1.29, 1.82) is 0 Å². The van der Waals surface area contributed by atoms with Gasteiger partial charge in [0.1, 0.15) is 11.6 Å². The van der Waals surface area contributed by atoms with Crippen molar-refractivity contribution in [2.24, 2.45) is 0 Å². The molecule has 0 unspecified atom stereocenters. The van der Waals surface area contributed by atoms with Gasteiger partial charge in [0.05, 0.1) is 19.6 Å². The van der Waals surface area contributed by atoms with Crippen LogP contribution in [0.25, 0.3) is 0 Å². The SMILES string of the molecule is COCCNC(=O)CCOc1ccc(F)cc1. The van der Waals surface area contributed by atoms with Gasteiger partial charge in [0.25, 0.3) is 0 Å². The number of methoxy groups -OCH3 is 1. The van der Waals surface area contributed by atoms with Crippen LogP contribution in [0.15, 0.2) is 24.3 Å². The monoisotopic (exact) mass is 241 g/mol. The largest absolute Gasteiger partial charge is 0.493 e. The van der Waals surface area contributed by atoms with Crippen LogP contribution in [0.4, 0.5) is 4.39 Å². The highest BCUT2D eigenvalue weighted by Gasteiger charge is 2.01. The molecule has 0 saturated heterocycles. The van der Waals surface area contributed by atoms with Crippen LogP contribution in [-0.4, -0.2) is 32.8 Å². The lowest BCUT2D eigenvalue weighted by molar-refractivity contribution is -0.121. The Kier molecular flexibility index (Phi) is 6.03. The summed E-state index contributed by atoms with van der Waals surface area (Å²) in [4.78, 5) is 11.3. The van der Waals surface area contributed by atoms with E-state index in [9.17, 15) is 9.18 Å². The number of benzene rings is 1. The van der Waals surface area contributed by atoms with Gasteiger partial charge in [-0.3, -0.25) is 4.79 Å². The van der Waals surface area contributed by atoms with Crippen LogP contribution in [-0.2, 0) is 9.53 Å². The van der Waals surface area contributed by atoms with E-state index in [0.29, 0.717) is 18.9 Å². The highest BCUT2D eigenvalue weighted by molar-refractivity contribution is 5.75. The molecule has 0 aromatic heterocycles. The molecule has 5 heteroatoms. The zero-order valence-corrected chi connectivity index (χ0v) is 9.74. The van der Waals surface area contributed by atoms with Gasteiger partial charge in [0.2, 0.25) is 5.91 Å². The Morgan fingerprint density at radius 2 is 2.00 bits per heavy atom. The topological polar surface area (TPSA) is 47.6 Å². The second kappa shape index (κ2) is 7.62. The van der Waals surface area contributed by atoms with Gasteiger partial charge in [0, 0.05) is 13.7 Å². The second-order valence-electron chi connectivity index (χ2n) is 3.40. The van der Waals surface area contributed by atoms with Crippen molar-refractivity contribution in [1.82, 2.24) is 5.32 Å². The van der Waals surface area contributed by atoms with Crippen LogP contribution in [0, 0.1) is 5.82 Å². The van der Waals surface area contributed by atoms with Gasteiger partial charge < -0.3 is 14.8 Å². The van der Waals surface area contributed by atoms with Crippen molar-refractivity contribution in [2.75, 3.05) is 26.9 Å². The van der Waals surface area contributed by atoms with Gasteiger partial charge in [-0.05, 0) is 24.3 Å². The molecular weight excluding hydrogens is 225 g/mol. The molecule has 0 radical (unpaired) electrons. The minimum Gasteiger partial charge on any atom is -0.493 e. The first-order valence-electron chi connectivity index (χ1n) is 5.36.